The Hall–Kier alpha value is -1.36. The van der Waals surface area contributed by atoms with Crippen LogP contribution in [0.3, 0.4) is 0 Å². The monoisotopic (exact) mass is 281 g/mol. The van der Waals surface area contributed by atoms with Gasteiger partial charge in [0.1, 0.15) is 6.04 Å². The Bertz CT molecular complexity index is 458. The average molecular weight is 281 g/mol. The number of nitrogens with zero attached hydrogens (tertiary/aromatic N) is 2. The molecule has 0 spiro atoms. The van der Waals surface area contributed by atoms with E-state index in [1.54, 1.807) is 0 Å². The van der Waals surface area contributed by atoms with Crippen molar-refractivity contribution in [2.75, 3.05) is 7.11 Å². The van der Waals surface area contributed by atoms with E-state index in [2.05, 4.69) is 31.2 Å². The highest BCUT2D eigenvalue weighted by Crippen LogP contribution is 2.24. The van der Waals surface area contributed by atoms with Crippen LogP contribution < -0.4 is 5.32 Å². The van der Waals surface area contributed by atoms with Crippen LogP contribution in [0.1, 0.15) is 45.9 Å². The Morgan fingerprint density at radius 3 is 2.50 bits per heavy atom. The van der Waals surface area contributed by atoms with E-state index in [4.69, 9.17) is 4.74 Å². The highest BCUT2D eigenvalue weighted by atomic mass is 16.5. The SMILES string of the molecule is COC(=O)C(NCc1cn(C)nc1C(C)(C)C)C(C)C. The first-order chi connectivity index (χ1) is 9.16. The minimum absolute atomic E-state index is 0.0170. The van der Waals surface area contributed by atoms with Crippen LogP contribution >= 0.6 is 0 Å². The van der Waals surface area contributed by atoms with Gasteiger partial charge in [0, 0.05) is 30.8 Å². The zero-order valence-electron chi connectivity index (χ0n) is 13.7. The fourth-order valence-corrected chi connectivity index (χ4v) is 2.24. The summed E-state index contributed by atoms with van der Waals surface area (Å²) >= 11 is 0. The second kappa shape index (κ2) is 6.39. The summed E-state index contributed by atoms with van der Waals surface area (Å²) in [5.74, 6) is -0.0431. The van der Waals surface area contributed by atoms with Crippen molar-refractivity contribution in [3.05, 3.63) is 17.5 Å². The average Bonchev–Trinajstić information content (AvgIpc) is 2.69. The number of nitrogens with one attached hydrogen (secondary N) is 1. The van der Waals surface area contributed by atoms with Crippen LogP contribution in [0.25, 0.3) is 0 Å². The van der Waals surface area contributed by atoms with Gasteiger partial charge in [-0.15, -0.1) is 0 Å². The molecule has 0 saturated carbocycles. The van der Waals surface area contributed by atoms with Gasteiger partial charge in [-0.25, -0.2) is 0 Å². The third kappa shape index (κ3) is 4.07. The molecule has 1 aromatic rings. The summed E-state index contributed by atoms with van der Waals surface area (Å²) in [5, 5.41) is 7.81. The topological polar surface area (TPSA) is 56.1 Å². The number of hydrogen-bond donors (Lipinski definition) is 1. The molecule has 0 radical (unpaired) electrons. The van der Waals surface area contributed by atoms with E-state index in [9.17, 15) is 4.79 Å². The number of carbonyl (C=O) groups is 1. The van der Waals surface area contributed by atoms with Crippen molar-refractivity contribution in [3.8, 4) is 0 Å². The molecule has 1 heterocycles. The van der Waals surface area contributed by atoms with Crippen LogP contribution in [-0.2, 0) is 28.5 Å². The molecule has 1 atom stereocenters. The maximum Gasteiger partial charge on any atom is 0.323 e. The number of esters is 1. The lowest BCUT2D eigenvalue weighted by atomic mass is 9.89. The van der Waals surface area contributed by atoms with E-state index in [0.29, 0.717) is 6.54 Å². The van der Waals surface area contributed by atoms with Crippen LogP contribution in [0.4, 0.5) is 0 Å². The van der Waals surface area contributed by atoms with Crippen LogP contribution in [-0.4, -0.2) is 28.9 Å². The Balaban J connectivity index is 2.86. The molecule has 0 aliphatic carbocycles. The smallest absolute Gasteiger partial charge is 0.323 e. The first-order valence-corrected chi connectivity index (χ1v) is 7.01. The number of hydrogen-bond acceptors (Lipinski definition) is 4. The van der Waals surface area contributed by atoms with Crippen molar-refractivity contribution >= 4 is 5.97 Å². The number of methoxy groups -OCH3 is 1. The maximum absolute atomic E-state index is 11.8. The van der Waals surface area contributed by atoms with E-state index in [-0.39, 0.29) is 23.3 Å². The molecular formula is C15H27N3O2. The van der Waals surface area contributed by atoms with Crippen LogP contribution in [0.5, 0.6) is 0 Å². The van der Waals surface area contributed by atoms with E-state index in [0.717, 1.165) is 11.3 Å². The minimum Gasteiger partial charge on any atom is -0.468 e. The van der Waals surface area contributed by atoms with Gasteiger partial charge in [-0.2, -0.15) is 5.10 Å². The van der Waals surface area contributed by atoms with Crippen molar-refractivity contribution < 1.29 is 9.53 Å². The van der Waals surface area contributed by atoms with Gasteiger partial charge in [-0.3, -0.25) is 14.8 Å². The number of rotatable bonds is 5. The molecule has 0 aromatic carbocycles. The van der Waals surface area contributed by atoms with Crippen molar-refractivity contribution in [2.24, 2.45) is 13.0 Å². The highest BCUT2D eigenvalue weighted by Gasteiger charge is 2.25. The molecule has 5 heteroatoms. The largest absolute Gasteiger partial charge is 0.468 e. The lowest BCUT2D eigenvalue weighted by molar-refractivity contribution is -0.144. The van der Waals surface area contributed by atoms with Gasteiger partial charge in [-0.05, 0) is 5.92 Å². The molecule has 0 saturated heterocycles. The Labute approximate surface area is 121 Å². The van der Waals surface area contributed by atoms with Gasteiger partial charge >= 0.3 is 5.97 Å². The number of ether oxygens (including phenoxy) is 1. The predicted octanol–water partition coefficient (Wildman–Crippen LogP) is 2.00. The quantitative estimate of drug-likeness (QED) is 0.839. The molecule has 20 heavy (non-hydrogen) atoms. The molecule has 0 aliphatic rings. The second-order valence-electron chi connectivity index (χ2n) is 6.55. The molecule has 0 amide bonds. The normalized spacial score (nSPS) is 13.6. The van der Waals surface area contributed by atoms with Crippen LogP contribution in [0, 0.1) is 5.92 Å². The molecule has 5 nitrogen and oxygen atoms in total. The molecule has 0 fully saturated rings. The zero-order valence-corrected chi connectivity index (χ0v) is 13.7. The van der Waals surface area contributed by atoms with Crippen molar-refractivity contribution in [1.29, 1.82) is 0 Å². The fraction of sp³-hybridized carbons (Fsp3) is 0.733. The molecular weight excluding hydrogens is 254 g/mol. The third-order valence-electron chi connectivity index (χ3n) is 3.25. The van der Waals surface area contributed by atoms with Crippen LogP contribution in [0.15, 0.2) is 6.20 Å². The molecule has 114 valence electrons. The molecule has 0 aliphatic heterocycles. The third-order valence-corrected chi connectivity index (χ3v) is 3.25. The van der Waals surface area contributed by atoms with E-state index < -0.39 is 0 Å². The summed E-state index contributed by atoms with van der Waals surface area (Å²) in [6.07, 6.45) is 2.00. The van der Waals surface area contributed by atoms with E-state index in [1.807, 2.05) is 31.8 Å². The summed E-state index contributed by atoms with van der Waals surface area (Å²) in [6.45, 7) is 11.0. The Morgan fingerprint density at radius 1 is 1.45 bits per heavy atom. The Morgan fingerprint density at radius 2 is 2.05 bits per heavy atom. The highest BCUT2D eigenvalue weighted by molar-refractivity contribution is 5.75. The predicted molar refractivity (Wildman–Crippen MR) is 79.4 cm³/mol. The van der Waals surface area contributed by atoms with Crippen molar-refractivity contribution in [2.45, 2.75) is 52.6 Å². The summed E-state index contributed by atoms with van der Waals surface area (Å²) in [4.78, 5) is 11.8. The molecule has 0 bridgehead atoms. The van der Waals surface area contributed by atoms with Gasteiger partial charge < -0.3 is 4.74 Å². The van der Waals surface area contributed by atoms with Crippen LogP contribution in [0.2, 0.25) is 0 Å². The van der Waals surface area contributed by atoms with Gasteiger partial charge in [-0.1, -0.05) is 34.6 Å². The van der Waals surface area contributed by atoms with Crippen molar-refractivity contribution in [3.63, 3.8) is 0 Å². The summed E-state index contributed by atoms with van der Waals surface area (Å²) in [6, 6.07) is -0.298. The molecule has 1 N–H and O–H groups in total. The minimum atomic E-state index is -0.298. The zero-order chi connectivity index (χ0) is 15.5. The number of aromatic nitrogens is 2. The lowest BCUT2D eigenvalue weighted by Crippen LogP contribution is -2.41. The summed E-state index contributed by atoms with van der Waals surface area (Å²) in [5.41, 5.74) is 2.16. The van der Waals surface area contributed by atoms with Gasteiger partial charge in [0.2, 0.25) is 0 Å². The molecule has 1 aromatic heterocycles. The Kier molecular flexibility index (Phi) is 5.34. The first-order valence-electron chi connectivity index (χ1n) is 7.01. The van der Waals surface area contributed by atoms with E-state index in [1.165, 1.54) is 7.11 Å². The maximum atomic E-state index is 11.8. The number of aryl methyl sites for hydroxylation is 1. The lowest BCUT2D eigenvalue weighted by Gasteiger charge is -2.21. The second-order valence-corrected chi connectivity index (χ2v) is 6.55. The van der Waals surface area contributed by atoms with Gasteiger partial charge in [0.25, 0.3) is 0 Å². The molecule has 1 unspecified atom stereocenters. The van der Waals surface area contributed by atoms with Gasteiger partial charge in [0.15, 0.2) is 0 Å². The first kappa shape index (κ1) is 16.7. The van der Waals surface area contributed by atoms with E-state index >= 15 is 0 Å². The standard InChI is InChI=1S/C15H27N3O2/c1-10(2)12(14(19)20-7)16-8-11-9-18(6)17-13(11)15(3,4)5/h9-10,12,16H,8H2,1-7H3. The van der Waals surface area contributed by atoms with Gasteiger partial charge in [0.05, 0.1) is 12.8 Å². The van der Waals surface area contributed by atoms with Crippen molar-refractivity contribution in [1.82, 2.24) is 15.1 Å². The number of carbonyl (C=O) groups excluding carboxylic acids is 1. The molecule has 1 rings (SSSR count). The fourth-order valence-electron chi connectivity index (χ4n) is 2.24. The summed E-state index contributed by atoms with van der Waals surface area (Å²) in [7, 11) is 3.34. The summed E-state index contributed by atoms with van der Waals surface area (Å²) < 4.78 is 6.66.